The third-order valence-corrected chi connectivity index (χ3v) is 3.37. The van der Waals surface area contributed by atoms with Crippen molar-refractivity contribution in [1.29, 1.82) is 5.26 Å². The Bertz CT molecular complexity index is 894. The number of nitrogens with zero attached hydrogens (tertiary/aromatic N) is 2. The number of furan rings is 1. The van der Waals surface area contributed by atoms with Crippen molar-refractivity contribution in [2.75, 3.05) is 0 Å². The molecule has 1 N–H and O–H groups in total. The Morgan fingerprint density at radius 3 is 2.55 bits per heavy atom. The monoisotopic (exact) mass is 294 g/mol. The minimum Gasteiger partial charge on any atom is -0.400 e. The summed E-state index contributed by atoms with van der Waals surface area (Å²) in [5, 5.41) is 30.4. The average molecular weight is 294 g/mol. The zero-order valence-corrected chi connectivity index (χ0v) is 11.3. The van der Waals surface area contributed by atoms with E-state index in [9.17, 15) is 15.2 Å². The van der Waals surface area contributed by atoms with Gasteiger partial charge in [-0.1, -0.05) is 48.5 Å². The summed E-state index contributed by atoms with van der Waals surface area (Å²) in [7, 11) is 0. The van der Waals surface area contributed by atoms with Crippen molar-refractivity contribution in [1.82, 2.24) is 0 Å². The molecule has 108 valence electrons. The van der Waals surface area contributed by atoms with Gasteiger partial charge in [-0.05, 0) is 5.56 Å². The fraction of sp³-hybridized carbons (Fsp3) is 0.0625. The maximum atomic E-state index is 11.3. The van der Waals surface area contributed by atoms with Crippen LogP contribution in [0.4, 0.5) is 5.88 Å². The lowest BCUT2D eigenvalue weighted by Crippen LogP contribution is -1.93. The first-order chi connectivity index (χ1) is 10.6. The van der Waals surface area contributed by atoms with Gasteiger partial charge in [0.15, 0.2) is 6.10 Å². The van der Waals surface area contributed by atoms with Crippen LogP contribution in [0.3, 0.4) is 0 Å². The molecule has 0 saturated heterocycles. The first-order valence-electron chi connectivity index (χ1n) is 6.46. The van der Waals surface area contributed by atoms with Crippen LogP contribution in [0.1, 0.15) is 11.7 Å². The second kappa shape index (κ2) is 5.31. The van der Waals surface area contributed by atoms with E-state index < -0.39 is 16.9 Å². The molecule has 6 nitrogen and oxygen atoms in total. The number of rotatable bonds is 3. The number of aliphatic hydroxyl groups excluding tert-OH is 1. The quantitative estimate of drug-likeness (QED) is 0.452. The van der Waals surface area contributed by atoms with E-state index in [1.54, 1.807) is 42.5 Å². The Kier molecular flexibility index (Phi) is 3.33. The molecule has 22 heavy (non-hydrogen) atoms. The lowest BCUT2D eigenvalue weighted by atomic mass is 10.0. The lowest BCUT2D eigenvalue weighted by molar-refractivity contribution is -0.400. The highest BCUT2D eigenvalue weighted by Gasteiger charge is 2.27. The molecule has 2 aromatic carbocycles. The highest BCUT2D eigenvalue weighted by atomic mass is 16.6. The predicted octanol–water partition coefficient (Wildman–Crippen LogP) is 3.56. The summed E-state index contributed by atoms with van der Waals surface area (Å²) in [6.45, 7) is 0. The smallest absolute Gasteiger partial charge is 0.400 e. The van der Waals surface area contributed by atoms with Crippen LogP contribution in [-0.2, 0) is 0 Å². The summed E-state index contributed by atoms with van der Waals surface area (Å²) in [5.74, 6) is -0.404. The van der Waals surface area contributed by atoms with Crippen LogP contribution in [0.2, 0.25) is 0 Å². The highest BCUT2D eigenvalue weighted by molar-refractivity contribution is 6.00. The summed E-state index contributed by atoms with van der Waals surface area (Å²) < 4.78 is 5.36. The first-order valence-corrected chi connectivity index (χ1v) is 6.46. The van der Waals surface area contributed by atoms with Crippen LogP contribution in [-0.4, -0.2) is 10.0 Å². The maximum absolute atomic E-state index is 11.3. The van der Waals surface area contributed by atoms with E-state index in [-0.39, 0.29) is 11.1 Å². The first kappa shape index (κ1) is 13.8. The van der Waals surface area contributed by atoms with Crippen LogP contribution in [0.5, 0.6) is 0 Å². The van der Waals surface area contributed by atoms with Gasteiger partial charge in [0.05, 0.1) is 6.07 Å². The molecule has 0 bridgehead atoms. The molecule has 0 aliphatic heterocycles. The van der Waals surface area contributed by atoms with E-state index in [0.29, 0.717) is 16.5 Å². The van der Waals surface area contributed by atoms with Crippen LogP contribution in [0, 0.1) is 21.4 Å². The lowest BCUT2D eigenvalue weighted by Gasteiger charge is -2.02. The molecule has 0 saturated carbocycles. The molecule has 0 fully saturated rings. The molecule has 3 aromatic rings. The third kappa shape index (κ3) is 2.10. The Morgan fingerprint density at radius 2 is 1.91 bits per heavy atom. The molecule has 1 heterocycles. The molecule has 0 aliphatic rings. The van der Waals surface area contributed by atoms with E-state index in [0.717, 1.165) is 0 Å². The minimum absolute atomic E-state index is 0.155. The molecule has 6 heteroatoms. The number of para-hydroxylation sites is 1. The Balaban J connectivity index is 2.39. The molecule has 0 radical (unpaired) electrons. The van der Waals surface area contributed by atoms with Crippen LogP contribution in [0.15, 0.2) is 52.9 Å². The molecule has 0 aliphatic carbocycles. The van der Waals surface area contributed by atoms with Gasteiger partial charge in [0.1, 0.15) is 16.1 Å². The molecule has 0 spiro atoms. The summed E-state index contributed by atoms with van der Waals surface area (Å²) in [4.78, 5) is 10.7. The molecular weight excluding hydrogens is 284 g/mol. The summed E-state index contributed by atoms with van der Waals surface area (Å²) in [6.07, 6.45) is -1.40. The van der Waals surface area contributed by atoms with Gasteiger partial charge < -0.3 is 9.52 Å². The van der Waals surface area contributed by atoms with Gasteiger partial charge in [-0.2, -0.15) is 5.26 Å². The van der Waals surface area contributed by atoms with Gasteiger partial charge in [-0.15, -0.1) is 0 Å². The fourth-order valence-corrected chi connectivity index (χ4v) is 2.43. The number of fused-ring (bicyclic) bond motifs is 1. The van der Waals surface area contributed by atoms with Gasteiger partial charge in [-0.25, -0.2) is 0 Å². The van der Waals surface area contributed by atoms with E-state index in [1.807, 2.05) is 6.07 Å². The topological polar surface area (TPSA) is 100 Å². The Labute approximate surface area is 125 Å². The van der Waals surface area contributed by atoms with Crippen LogP contribution >= 0.6 is 0 Å². The summed E-state index contributed by atoms with van der Waals surface area (Å²) in [5.41, 5.74) is 1.34. The molecule has 3 rings (SSSR count). The highest BCUT2D eigenvalue weighted by Crippen LogP contribution is 2.41. The Morgan fingerprint density at radius 1 is 1.18 bits per heavy atom. The zero-order valence-electron chi connectivity index (χ0n) is 11.3. The second-order valence-electron chi connectivity index (χ2n) is 4.66. The van der Waals surface area contributed by atoms with Crippen molar-refractivity contribution in [2.45, 2.75) is 6.10 Å². The standard InChI is InChI=1S/C16H10N2O4/c17-9-13(19)11-7-4-8-12-14(10-5-2-1-3-6-10)16(18(20)21)22-15(11)12/h1-8,13,19H. The zero-order chi connectivity index (χ0) is 15.7. The van der Waals surface area contributed by atoms with Crippen molar-refractivity contribution in [3.8, 4) is 17.2 Å². The molecular formula is C16H10N2O4. The molecule has 1 unspecified atom stereocenters. The van der Waals surface area contributed by atoms with Crippen LogP contribution < -0.4 is 0 Å². The predicted molar refractivity (Wildman–Crippen MR) is 78.9 cm³/mol. The average Bonchev–Trinajstić information content (AvgIpc) is 2.94. The van der Waals surface area contributed by atoms with Crippen molar-refractivity contribution in [3.63, 3.8) is 0 Å². The van der Waals surface area contributed by atoms with E-state index in [4.69, 9.17) is 9.68 Å². The summed E-state index contributed by atoms with van der Waals surface area (Å²) in [6, 6.07) is 15.3. The largest absolute Gasteiger partial charge is 0.442 e. The number of benzene rings is 2. The van der Waals surface area contributed by atoms with Crippen molar-refractivity contribution < 1.29 is 14.4 Å². The van der Waals surface area contributed by atoms with E-state index >= 15 is 0 Å². The normalized spacial score (nSPS) is 12.0. The number of hydrogen-bond acceptors (Lipinski definition) is 5. The SMILES string of the molecule is N#CC(O)c1cccc2c(-c3ccccc3)c([N+](=O)[O-])oc12. The number of nitro groups is 1. The Hall–Kier alpha value is -3.17. The second-order valence-corrected chi connectivity index (χ2v) is 4.66. The van der Waals surface area contributed by atoms with Crippen LogP contribution in [0.25, 0.3) is 22.1 Å². The molecule has 0 amide bonds. The van der Waals surface area contributed by atoms with E-state index in [1.165, 1.54) is 6.07 Å². The van der Waals surface area contributed by atoms with Gasteiger partial charge in [0, 0.05) is 10.9 Å². The van der Waals surface area contributed by atoms with Gasteiger partial charge >= 0.3 is 5.88 Å². The van der Waals surface area contributed by atoms with Gasteiger partial charge in [0.2, 0.25) is 0 Å². The molecule has 1 atom stereocenters. The third-order valence-electron chi connectivity index (χ3n) is 3.37. The number of nitriles is 1. The van der Waals surface area contributed by atoms with E-state index in [2.05, 4.69) is 0 Å². The maximum Gasteiger partial charge on any atom is 0.442 e. The number of aliphatic hydroxyl groups is 1. The van der Waals surface area contributed by atoms with Crippen molar-refractivity contribution >= 4 is 16.9 Å². The van der Waals surface area contributed by atoms with Crippen molar-refractivity contribution in [3.05, 3.63) is 64.2 Å². The summed E-state index contributed by atoms with van der Waals surface area (Å²) >= 11 is 0. The van der Waals surface area contributed by atoms with Gasteiger partial charge in [-0.3, -0.25) is 10.1 Å². The van der Waals surface area contributed by atoms with Gasteiger partial charge in [0.25, 0.3) is 0 Å². The minimum atomic E-state index is -1.40. The molecule has 1 aromatic heterocycles. The fourth-order valence-electron chi connectivity index (χ4n) is 2.43. The van der Waals surface area contributed by atoms with Crippen molar-refractivity contribution in [2.24, 2.45) is 0 Å². The number of hydrogen-bond donors (Lipinski definition) is 1.